The summed E-state index contributed by atoms with van der Waals surface area (Å²) < 4.78 is 68.1. The largest absolute Gasteiger partial charge is 0.472 e. The number of ether oxygens (including phenoxy) is 4. The zero-order chi connectivity index (χ0) is 64.7. The Hall–Kier alpha value is -1.94. The molecule has 0 fully saturated rings. The molecular weight excluding hydrogens is 1160 g/mol. The van der Waals surface area contributed by atoms with Gasteiger partial charge in [0.15, 0.2) is 12.2 Å². The van der Waals surface area contributed by atoms with E-state index in [9.17, 15) is 43.2 Å². The lowest BCUT2D eigenvalue weighted by atomic mass is 10.0. The average molecular weight is 1300 g/mol. The molecule has 0 spiro atoms. The highest BCUT2D eigenvalue weighted by molar-refractivity contribution is 7.47. The second-order valence-corrected chi connectivity index (χ2v) is 27.8. The first-order valence-corrected chi connectivity index (χ1v) is 39.3. The summed E-state index contributed by atoms with van der Waals surface area (Å²) in [6, 6.07) is 0. The summed E-state index contributed by atoms with van der Waals surface area (Å²) >= 11 is 0. The fourth-order valence-electron chi connectivity index (χ4n) is 10.5. The Morgan fingerprint density at radius 1 is 0.273 bits per heavy atom. The summed E-state index contributed by atoms with van der Waals surface area (Å²) in [5, 5.41) is 10.6. The molecule has 0 amide bonds. The van der Waals surface area contributed by atoms with E-state index in [1.54, 1.807) is 0 Å². The van der Waals surface area contributed by atoms with Crippen LogP contribution in [-0.4, -0.2) is 96.7 Å². The van der Waals surface area contributed by atoms with E-state index in [1.807, 2.05) is 0 Å². The van der Waals surface area contributed by atoms with Crippen LogP contribution in [0, 0.1) is 0 Å². The molecule has 0 aromatic heterocycles. The molecular formula is C69H134O17P2. The molecule has 88 heavy (non-hydrogen) atoms. The number of aliphatic hydroxyl groups is 1. The number of aliphatic hydroxyl groups excluding tert-OH is 1. The van der Waals surface area contributed by atoms with E-state index in [4.69, 9.17) is 37.0 Å². The molecule has 17 nitrogen and oxygen atoms in total. The van der Waals surface area contributed by atoms with Crippen molar-refractivity contribution in [3.8, 4) is 0 Å². The lowest BCUT2D eigenvalue weighted by molar-refractivity contribution is -0.161. The summed E-state index contributed by atoms with van der Waals surface area (Å²) in [5.41, 5.74) is 0. The molecule has 0 saturated carbocycles. The third kappa shape index (κ3) is 62.8. The first kappa shape index (κ1) is 86.1. The molecule has 5 atom stereocenters. The Morgan fingerprint density at radius 2 is 0.455 bits per heavy atom. The Kier molecular flexibility index (Phi) is 62.4. The lowest BCUT2D eigenvalue weighted by Crippen LogP contribution is -2.30. The van der Waals surface area contributed by atoms with Gasteiger partial charge in [0.1, 0.15) is 19.3 Å². The van der Waals surface area contributed by atoms with Gasteiger partial charge in [-0.15, -0.1) is 0 Å². The minimum atomic E-state index is -4.95. The molecule has 2 unspecified atom stereocenters. The van der Waals surface area contributed by atoms with Gasteiger partial charge in [-0.25, -0.2) is 9.13 Å². The normalized spacial score (nSPS) is 14.0. The fraction of sp³-hybridized carbons (Fsp3) is 0.942. The number of hydrogen-bond donors (Lipinski definition) is 3. The van der Waals surface area contributed by atoms with E-state index in [0.29, 0.717) is 25.7 Å². The number of carbonyl (C=O) groups excluding carboxylic acids is 4. The van der Waals surface area contributed by atoms with Crippen molar-refractivity contribution in [2.75, 3.05) is 39.6 Å². The standard InChI is InChI=1S/C69H134O17P2/c1-5-9-13-17-21-24-27-29-31-32-34-37-40-44-48-52-56-69(74)86-65(60-80-67(72)54-50-46-42-38-36-33-30-28-25-22-18-14-10-6-2)62-84-88(77,78)82-58-63(70)57-81-87(75,76)83-61-64(59-79-66(71)53-49-45-41-20-16-12-8-4)85-68(73)55-51-47-43-39-35-26-23-19-15-11-7-3/h63-65,70H,5-62H2,1-4H3,(H,75,76)(H,77,78)/t63-,64+,65+/m0/s1. The Morgan fingerprint density at radius 3 is 0.670 bits per heavy atom. The summed E-state index contributed by atoms with van der Waals surface area (Å²) in [6.07, 6.45) is 51.3. The van der Waals surface area contributed by atoms with Crippen molar-refractivity contribution in [2.24, 2.45) is 0 Å². The van der Waals surface area contributed by atoms with Gasteiger partial charge in [-0.1, -0.05) is 310 Å². The van der Waals surface area contributed by atoms with Crippen LogP contribution in [0.2, 0.25) is 0 Å². The van der Waals surface area contributed by atoms with Crippen LogP contribution in [0.3, 0.4) is 0 Å². The van der Waals surface area contributed by atoms with Crippen molar-refractivity contribution in [1.29, 1.82) is 0 Å². The Labute approximate surface area is 537 Å². The van der Waals surface area contributed by atoms with E-state index in [1.165, 1.54) is 180 Å². The van der Waals surface area contributed by atoms with Crippen LogP contribution in [0.1, 0.15) is 362 Å². The van der Waals surface area contributed by atoms with Crippen molar-refractivity contribution >= 4 is 39.5 Å². The van der Waals surface area contributed by atoms with Gasteiger partial charge in [0.05, 0.1) is 26.4 Å². The molecule has 0 aliphatic carbocycles. The predicted molar refractivity (Wildman–Crippen MR) is 354 cm³/mol. The average Bonchev–Trinajstić information content (AvgIpc) is 3.61. The minimum absolute atomic E-state index is 0.107. The molecule has 0 bridgehead atoms. The van der Waals surface area contributed by atoms with Gasteiger partial charge in [0, 0.05) is 25.7 Å². The van der Waals surface area contributed by atoms with Gasteiger partial charge in [-0.05, 0) is 25.7 Å². The summed E-state index contributed by atoms with van der Waals surface area (Å²) in [7, 11) is -9.89. The minimum Gasteiger partial charge on any atom is -0.462 e. The first-order chi connectivity index (χ1) is 42.7. The van der Waals surface area contributed by atoms with Crippen molar-refractivity contribution in [1.82, 2.24) is 0 Å². The molecule has 0 aliphatic heterocycles. The number of phosphoric ester groups is 2. The van der Waals surface area contributed by atoms with Crippen LogP contribution in [0.25, 0.3) is 0 Å². The van der Waals surface area contributed by atoms with Gasteiger partial charge in [0.25, 0.3) is 0 Å². The lowest BCUT2D eigenvalue weighted by Gasteiger charge is -2.21. The monoisotopic (exact) mass is 1300 g/mol. The number of esters is 4. The summed E-state index contributed by atoms with van der Waals surface area (Å²) in [6.45, 7) is 4.90. The number of hydrogen-bond acceptors (Lipinski definition) is 15. The highest BCUT2D eigenvalue weighted by atomic mass is 31.2. The molecule has 0 rings (SSSR count). The van der Waals surface area contributed by atoms with Crippen molar-refractivity contribution < 1.29 is 80.2 Å². The van der Waals surface area contributed by atoms with Crippen LogP contribution in [0.15, 0.2) is 0 Å². The van der Waals surface area contributed by atoms with E-state index < -0.39 is 97.5 Å². The molecule has 0 aromatic rings. The van der Waals surface area contributed by atoms with Gasteiger partial charge < -0.3 is 33.8 Å². The second kappa shape index (κ2) is 63.8. The molecule has 3 N–H and O–H groups in total. The van der Waals surface area contributed by atoms with Crippen molar-refractivity contribution in [3.05, 3.63) is 0 Å². The van der Waals surface area contributed by atoms with Crippen molar-refractivity contribution in [2.45, 2.75) is 380 Å². The van der Waals surface area contributed by atoms with Crippen LogP contribution < -0.4 is 0 Å². The quantitative estimate of drug-likeness (QED) is 0.0222. The SMILES string of the molecule is CCCCCCCCCCCCCCCCCCC(=O)O[C@H](COC(=O)CCCCCCCCCCCCCCCC)COP(=O)(O)OC[C@@H](O)COP(=O)(O)OC[C@@H](COC(=O)CCCCCCCCC)OC(=O)CCCCCCCCCCCCC. The highest BCUT2D eigenvalue weighted by Gasteiger charge is 2.30. The Balaban J connectivity index is 5.20. The molecule has 0 radical (unpaired) electrons. The maximum Gasteiger partial charge on any atom is 0.472 e. The third-order valence-electron chi connectivity index (χ3n) is 16.1. The molecule has 0 aliphatic rings. The van der Waals surface area contributed by atoms with E-state index >= 15 is 0 Å². The van der Waals surface area contributed by atoms with E-state index in [2.05, 4.69) is 27.7 Å². The van der Waals surface area contributed by atoms with E-state index in [-0.39, 0.29) is 25.7 Å². The summed E-state index contributed by atoms with van der Waals surface area (Å²) in [5.74, 6) is -2.12. The maximum absolute atomic E-state index is 13.0. The van der Waals surface area contributed by atoms with Crippen LogP contribution >= 0.6 is 15.6 Å². The highest BCUT2D eigenvalue weighted by Crippen LogP contribution is 2.45. The van der Waals surface area contributed by atoms with Gasteiger partial charge >= 0.3 is 39.5 Å². The molecule has 19 heteroatoms. The molecule has 0 heterocycles. The zero-order valence-corrected chi connectivity index (χ0v) is 58.5. The van der Waals surface area contributed by atoms with Gasteiger partial charge in [0.2, 0.25) is 0 Å². The molecule has 0 aromatic carbocycles. The molecule has 522 valence electrons. The predicted octanol–water partition coefficient (Wildman–Crippen LogP) is 19.9. The third-order valence-corrected chi connectivity index (χ3v) is 18.0. The topological polar surface area (TPSA) is 237 Å². The number of unbranched alkanes of at least 4 members (excludes halogenated alkanes) is 44. The zero-order valence-electron chi connectivity index (χ0n) is 56.7. The number of rotatable bonds is 70. The van der Waals surface area contributed by atoms with Gasteiger partial charge in [-0.3, -0.25) is 37.3 Å². The second-order valence-electron chi connectivity index (χ2n) is 24.9. The fourth-order valence-corrected chi connectivity index (χ4v) is 12.1. The smallest absolute Gasteiger partial charge is 0.462 e. The maximum atomic E-state index is 13.0. The van der Waals surface area contributed by atoms with E-state index in [0.717, 1.165) is 103 Å². The Bertz CT molecular complexity index is 1690. The summed E-state index contributed by atoms with van der Waals surface area (Å²) in [4.78, 5) is 72.4. The van der Waals surface area contributed by atoms with Gasteiger partial charge in [-0.2, -0.15) is 0 Å². The molecule has 0 saturated heterocycles. The first-order valence-electron chi connectivity index (χ1n) is 36.3. The number of phosphoric acid groups is 2. The van der Waals surface area contributed by atoms with Crippen LogP contribution in [-0.2, 0) is 65.4 Å². The van der Waals surface area contributed by atoms with Crippen LogP contribution in [0.4, 0.5) is 0 Å². The van der Waals surface area contributed by atoms with Crippen LogP contribution in [0.5, 0.6) is 0 Å². The van der Waals surface area contributed by atoms with Crippen molar-refractivity contribution in [3.63, 3.8) is 0 Å². The number of carbonyl (C=O) groups is 4.